The number of benzene rings is 3. The minimum atomic E-state index is -1.14. The number of hydrogen-bond donors (Lipinski definition) is 5. The van der Waals surface area contributed by atoms with Crippen LogP contribution in [0.3, 0.4) is 0 Å². The Morgan fingerprint density at radius 2 is 0.846 bits per heavy atom. The van der Waals surface area contributed by atoms with Crippen LogP contribution in [-0.2, 0) is 24.0 Å². The number of anilines is 4. The molecule has 16 radical (unpaired) electrons. The van der Waals surface area contributed by atoms with Crippen molar-refractivity contribution in [2.45, 2.75) is 59.3 Å². The predicted octanol–water partition coefficient (Wildman–Crippen LogP) is 5.55. The molecule has 3 aliphatic carbocycles. The van der Waals surface area contributed by atoms with Gasteiger partial charge in [0.1, 0.15) is 34.7 Å². The summed E-state index contributed by atoms with van der Waals surface area (Å²) in [5.74, 6) is -1.40. The highest BCUT2D eigenvalue weighted by Crippen LogP contribution is 2.47. The number of carboxylic acids is 1. The van der Waals surface area contributed by atoms with Crippen molar-refractivity contribution in [1.29, 1.82) is 0 Å². The van der Waals surface area contributed by atoms with Gasteiger partial charge in [0.25, 0.3) is 11.4 Å². The number of nitrogens with two attached hydrogens (primary N) is 2. The maximum absolute atomic E-state index is 13.9. The van der Waals surface area contributed by atoms with Crippen molar-refractivity contribution in [3.05, 3.63) is 147 Å². The molecule has 7 N–H and O–H groups in total. The minimum Gasteiger partial charge on any atom is -0.481 e. The maximum atomic E-state index is 13.9. The van der Waals surface area contributed by atoms with E-state index in [0.717, 1.165) is 62.8 Å². The van der Waals surface area contributed by atoms with Gasteiger partial charge in [0.2, 0.25) is 11.8 Å². The number of nitrogens with one attached hydrogen (secondary N) is 2. The molecule has 3 fully saturated rings. The van der Waals surface area contributed by atoms with Crippen LogP contribution in [0.5, 0.6) is 34.5 Å². The molecule has 91 heavy (non-hydrogen) atoms. The molecule has 6 aromatic rings. The van der Waals surface area contributed by atoms with E-state index in [9.17, 15) is 57.4 Å². The second-order valence-corrected chi connectivity index (χ2v) is 22.0. The molecule has 0 bridgehead atoms. The molecule has 0 atom stereocenters. The maximum Gasteiger partial charge on any atom is 0.309 e. The van der Waals surface area contributed by atoms with E-state index < -0.39 is 82.1 Å². The molecule has 0 aliphatic heterocycles. The highest BCUT2D eigenvalue weighted by Gasteiger charge is 2.46. The number of hydrogen-bond acceptors (Lipinski definition) is 17. The second kappa shape index (κ2) is 33.8. The summed E-state index contributed by atoms with van der Waals surface area (Å²) in [6, 6.07) is 19.5. The highest BCUT2D eigenvalue weighted by molar-refractivity contribution is 8.10. The van der Waals surface area contributed by atoms with Gasteiger partial charge in [-0.3, -0.25) is 44.2 Å². The molecule has 3 heterocycles. The van der Waals surface area contributed by atoms with Gasteiger partial charge in [-0.25, -0.2) is 28.1 Å². The van der Waals surface area contributed by atoms with Crippen LogP contribution in [0.1, 0.15) is 59.3 Å². The number of halogens is 5. The van der Waals surface area contributed by atoms with Crippen molar-refractivity contribution in [2.24, 2.45) is 16.2 Å². The summed E-state index contributed by atoms with van der Waals surface area (Å²) < 4.78 is 57.1. The normalized spacial score (nSPS) is 13.3. The number of pyridine rings is 3. The Hall–Kier alpha value is -8.06. The first-order valence-electron chi connectivity index (χ1n) is 26.9. The fraction of sp³-hybridized carbons (Fsp3) is 0.240. The van der Waals surface area contributed by atoms with E-state index >= 15 is 0 Å². The lowest BCUT2D eigenvalue weighted by atomic mass is 8.47. The predicted molar refractivity (Wildman–Crippen MR) is 353 cm³/mol. The molecule has 9 rings (SSSR count). The molecule has 0 saturated heterocycles. The van der Waals surface area contributed by atoms with Crippen LogP contribution in [0.25, 0.3) is 0 Å². The fourth-order valence-electron chi connectivity index (χ4n) is 7.23. The third kappa shape index (κ3) is 24.6. The van der Waals surface area contributed by atoms with Gasteiger partial charge < -0.3 is 41.4 Å². The Morgan fingerprint density at radius 3 is 1.11 bits per heavy atom. The fourth-order valence-corrected chi connectivity index (χ4v) is 7.23. The van der Waals surface area contributed by atoms with Crippen LogP contribution in [0, 0.1) is 53.9 Å². The van der Waals surface area contributed by atoms with E-state index in [0.29, 0.717) is 28.8 Å². The number of nitrogen functional groups attached to an aromatic ring is 2. The summed E-state index contributed by atoms with van der Waals surface area (Å²) in [7, 11) is 44.1. The summed E-state index contributed by atoms with van der Waals surface area (Å²) in [4.78, 5) is 84.5. The van der Waals surface area contributed by atoms with Gasteiger partial charge in [0.15, 0.2) is 34.7 Å². The molecule has 0 unspecified atom stereocenters. The Morgan fingerprint density at radius 1 is 0.527 bits per heavy atom. The Labute approximate surface area is 544 Å². The average molecular weight is 1260 g/mol. The Bertz CT molecular complexity index is 3550. The van der Waals surface area contributed by atoms with Crippen molar-refractivity contribution in [2.75, 3.05) is 22.1 Å². The standard InChI is InChI=1S/C16H14FN3O4.C16H16FN3O2.C11H8FN3O3.C5H8O2.C2Cl2O2.B14/c1-16(5-6-16)15(21)19-14-9-11(4-7-18-14)24-13-3-2-10(20(22)23)8-12(13)17;1-16(5-6-16)15(21)20-14-9-11(4-7-19-14)22-13-3-2-10(18)8-12(13)17;12-9-5-7(15(16)17)1-2-10(9)18-8-3-4-14-11(13)6-8;1-5(2-3-5)4(6)7;3-1(5)2(4)6;1-9(2)13(10(3)4)14(11(5)6)12(7)8/h2-4,7-9H,5-6H2,1H3,(H,18,19,21);2-4,7-9H,5-6,18H2,1H3,(H,19,20,21);1-6H,(H2,13,14);2-3H2,1H3,(H,6,7);;. The van der Waals surface area contributed by atoms with Gasteiger partial charge >= 0.3 is 16.5 Å². The number of ether oxygens (including phenoxy) is 3. The molecule has 22 nitrogen and oxygen atoms in total. The first kappa shape index (κ1) is 75.4. The first-order chi connectivity index (χ1) is 42.5. The SMILES string of the molecule is CC1(C(=O)Nc2cc(Oc3ccc(N)cc3F)ccn2)CC1.CC1(C(=O)Nc2cc(Oc3ccc([N+](=O)[O-])cc3F)ccn2)CC1.CC1(C(=O)O)CC1.Nc1cc(Oc2ccc([N+](=O)[O-])cc2F)ccn1.O=C(Cl)C(=O)Cl.[B]B([B])B(B([B])[B])B(B([B])[B])B([B])[B]. The van der Waals surface area contributed by atoms with Gasteiger partial charge in [-0.15, -0.1) is 0 Å². The van der Waals surface area contributed by atoms with Crippen molar-refractivity contribution < 1.29 is 66.3 Å². The zero-order chi connectivity index (χ0) is 68.3. The lowest BCUT2D eigenvalue weighted by Gasteiger charge is -2.34. The molecule has 0 spiro atoms. The van der Waals surface area contributed by atoms with E-state index in [1.54, 1.807) is 25.1 Å². The van der Waals surface area contributed by atoms with Crippen molar-refractivity contribution in [3.8, 4) is 34.5 Å². The van der Waals surface area contributed by atoms with Gasteiger partial charge in [0.05, 0.1) is 27.4 Å². The summed E-state index contributed by atoms with van der Waals surface area (Å²) in [5, 5.41) is 32.5. The molecule has 3 aromatic heterocycles. The van der Waals surface area contributed by atoms with Gasteiger partial charge in [-0.2, -0.15) is 0 Å². The van der Waals surface area contributed by atoms with Crippen LogP contribution < -0.4 is 36.3 Å². The van der Waals surface area contributed by atoms with Crippen LogP contribution >= 0.6 is 23.2 Å². The summed E-state index contributed by atoms with van der Waals surface area (Å²) in [6.45, 7) is 5.55. The smallest absolute Gasteiger partial charge is 0.309 e. The molecular weight excluding hydrogens is 1210 g/mol. The zero-order valence-corrected chi connectivity index (χ0v) is 50.4. The number of aliphatic carboxylic acids is 1. The molecular formula is C50H46B14Cl2F3N9O13. The number of nitro benzene ring substituents is 2. The number of aromatic nitrogens is 3. The lowest BCUT2D eigenvalue weighted by Crippen LogP contribution is -2.72. The van der Waals surface area contributed by atoms with E-state index in [4.69, 9.17) is 92.7 Å². The van der Waals surface area contributed by atoms with Crippen LogP contribution in [0.15, 0.2) is 110 Å². The van der Waals surface area contributed by atoms with Crippen LogP contribution in [-0.4, -0.2) is 158 Å². The van der Waals surface area contributed by atoms with E-state index in [1.165, 1.54) is 67.1 Å². The second-order valence-electron chi connectivity index (χ2n) is 21.3. The largest absolute Gasteiger partial charge is 0.481 e. The number of nitrogens with zero attached hydrogens (tertiary/aromatic N) is 5. The number of non-ortho nitro benzene ring substituents is 2. The third-order valence-corrected chi connectivity index (χ3v) is 14.0. The van der Waals surface area contributed by atoms with Gasteiger partial charge in [-0.05, 0) is 111 Å². The number of rotatable bonds is 19. The topological polar surface area (TPSA) is 334 Å². The highest BCUT2D eigenvalue weighted by atomic mass is 35.5. The van der Waals surface area contributed by atoms with Crippen molar-refractivity contribution in [3.63, 3.8) is 0 Å². The van der Waals surface area contributed by atoms with Crippen LogP contribution in [0.2, 0.25) is 0 Å². The Kier molecular flexibility index (Phi) is 28.0. The quantitative estimate of drug-likeness (QED) is 0.0166. The summed E-state index contributed by atoms with van der Waals surface area (Å²) in [5.41, 5.74) is 9.59. The van der Waals surface area contributed by atoms with E-state index in [-0.39, 0.29) is 68.3 Å². The number of carbonyl (C=O) groups excluding carboxylic acids is 4. The third-order valence-electron chi connectivity index (χ3n) is 13.6. The average Bonchev–Trinajstić information content (AvgIpc) is 1.73. The van der Waals surface area contributed by atoms with Gasteiger partial charge in [-0.1, -0.05) is 13.8 Å². The zero-order valence-electron chi connectivity index (χ0n) is 48.8. The lowest BCUT2D eigenvalue weighted by molar-refractivity contribution is -0.385. The van der Waals surface area contributed by atoms with E-state index in [1.807, 2.05) is 13.8 Å². The van der Waals surface area contributed by atoms with Crippen molar-refractivity contribution >= 4 is 186 Å². The first-order valence-corrected chi connectivity index (χ1v) is 27.6. The molecule has 3 aliphatic rings. The minimum absolute atomic E-state index is 0.0594. The van der Waals surface area contributed by atoms with E-state index in [2.05, 4.69) is 48.8 Å². The number of nitro groups is 2. The molecule has 446 valence electrons. The number of amides is 2. The molecule has 2 amide bonds. The number of carbonyl (C=O) groups is 5. The monoisotopic (exact) mass is 1260 g/mol. The summed E-state index contributed by atoms with van der Waals surface area (Å²) >= 11 is 8.98. The van der Waals surface area contributed by atoms with Gasteiger partial charge in [0, 0.05) is 172 Å². The molecule has 3 saturated carbocycles. The summed E-state index contributed by atoms with van der Waals surface area (Å²) in [6.07, 6.45) is 5.41. The van der Waals surface area contributed by atoms with Crippen molar-refractivity contribution in [1.82, 2.24) is 15.0 Å². The Balaban J connectivity index is 0.000000246. The van der Waals surface area contributed by atoms with Crippen LogP contribution in [0.4, 0.5) is 47.7 Å². The number of carboxylic acid groups (broad SMARTS) is 1. The molecule has 3 aromatic carbocycles. The molecule has 41 heteroatoms.